The van der Waals surface area contributed by atoms with Crippen LogP contribution in [0, 0.1) is 5.82 Å². The molecule has 2 heterocycles. The second-order valence-electron chi connectivity index (χ2n) is 4.89. The molecule has 0 aliphatic carbocycles. The zero-order valence-electron chi connectivity index (χ0n) is 12.8. The number of carbonyl (C=O) groups is 1. The number of aromatic nitrogens is 4. The van der Waals surface area contributed by atoms with Crippen molar-refractivity contribution < 1.29 is 13.9 Å². The van der Waals surface area contributed by atoms with Crippen molar-refractivity contribution in [2.45, 2.75) is 13.0 Å². The fourth-order valence-electron chi connectivity index (χ4n) is 1.96. The Labute approximate surface area is 137 Å². The van der Waals surface area contributed by atoms with E-state index < -0.39 is 17.8 Å². The summed E-state index contributed by atoms with van der Waals surface area (Å²) in [6.07, 6.45) is 3.75. The smallest absolute Gasteiger partial charge is 0.266 e. The van der Waals surface area contributed by atoms with Crippen molar-refractivity contribution in [1.82, 2.24) is 19.7 Å². The summed E-state index contributed by atoms with van der Waals surface area (Å²) < 4.78 is 20.4. The lowest BCUT2D eigenvalue weighted by molar-refractivity contribution is -0.122. The number of nitrogens with one attached hydrogen (secondary N) is 1. The molecule has 1 aromatic carbocycles. The Morgan fingerprint density at radius 2 is 2.12 bits per heavy atom. The largest absolute Gasteiger partial charge is 0.478 e. The first-order valence-corrected chi connectivity index (χ1v) is 7.17. The fraction of sp³-hybridized carbons (Fsp3) is 0.125. The number of ether oxygens (including phenoxy) is 1. The maximum atomic E-state index is 13.6. The molecule has 2 aromatic heterocycles. The normalized spacial score (nSPS) is 11.8. The highest BCUT2D eigenvalue weighted by Gasteiger charge is 2.17. The average Bonchev–Trinajstić information content (AvgIpc) is 3.12. The van der Waals surface area contributed by atoms with E-state index in [0.29, 0.717) is 11.6 Å². The van der Waals surface area contributed by atoms with Gasteiger partial charge >= 0.3 is 0 Å². The summed E-state index contributed by atoms with van der Waals surface area (Å²) in [6.45, 7) is 1.53. The molecular formula is C16H14FN5O2. The van der Waals surface area contributed by atoms with Crippen molar-refractivity contribution in [2.24, 2.45) is 0 Å². The summed E-state index contributed by atoms with van der Waals surface area (Å²) in [4.78, 5) is 20.2. The molecule has 3 aromatic rings. The Bertz CT molecular complexity index is 838. The molecule has 24 heavy (non-hydrogen) atoms. The molecule has 0 fully saturated rings. The molecule has 1 N–H and O–H groups in total. The van der Waals surface area contributed by atoms with Crippen molar-refractivity contribution in [1.29, 1.82) is 0 Å². The van der Waals surface area contributed by atoms with Crippen LogP contribution in [0.2, 0.25) is 0 Å². The lowest BCUT2D eigenvalue weighted by Gasteiger charge is -2.15. The molecule has 0 saturated carbocycles. The van der Waals surface area contributed by atoms with Gasteiger partial charge in [-0.2, -0.15) is 5.10 Å². The first-order chi connectivity index (χ1) is 11.6. The Kier molecular flexibility index (Phi) is 4.46. The second kappa shape index (κ2) is 6.86. The van der Waals surface area contributed by atoms with E-state index in [1.807, 2.05) is 0 Å². The number of para-hydroxylation sites is 1. The summed E-state index contributed by atoms with van der Waals surface area (Å²) >= 11 is 0. The molecule has 3 rings (SSSR count). The van der Waals surface area contributed by atoms with E-state index in [0.717, 1.165) is 0 Å². The van der Waals surface area contributed by atoms with Crippen molar-refractivity contribution in [2.75, 3.05) is 5.32 Å². The molecule has 8 heteroatoms. The van der Waals surface area contributed by atoms with Crippen molar-refractivity contribution in [3.05, 3.63) is 60.9 Å². The molecule has 0 bridgehead atoms. The number of rotatable bonds is 5. The SMILES string of the molecule is C[C@@H](Oc1ccccc1F)C(=O)Nc1cc(-n2cccn2)ncn1. The standard InChI is InChI=1S/C16H14FN5O2/c1-11(24-13-6-3-2-5-12(13)17)16(23)21-14-9-15(19-10-18-14)22-8-4-7-20-22/h2-11H,1H3,(H,18,19,21,23)/t11-/m1/s1. The summed E-state index contributed by atoms with van der Waals surface area (Å²) in [7, 11) is 0. The van der Waals surface area contributed by atoms with Crippen LogP contribution in [0.4, 0.5) is 10.2 Å². The Morgan fingerprint density at radius 1 is 1.29 bits per heavy atom. The predicted molar refractivity (Wildman–Crippen MR) is 84.3 cm³/mol. The minimum absolute atomic E-state index is 0.0140. The van der Waals surface area contributed by atoms with Gasteiger partial charge in [-0.3, -0.25) is 4.79 Å². The van der Waals surface area contributed by atoms with E-state index in [4.69, 9.17) is 4.74 Å². The van der Waals surface area contributed by atoms with Gasteiger partial charge in [0.2, 0.25) is 0 Å². The van der Waals surface area contributed by atoms with Gasteiger partial charge in [0.15, 0.2) is 23.5 Å². The van der Waals surface area contributed by atoms with Gasteiger partial charge in [0, 0.05) is 18.5 Å². The molecule has 1 atom stereocenters. The van der Waals surface area contributed by atoms with Gasteiger partial charge in [0.05, 0.1) is 0 Å². The van der Waals surface area contributed by atoms with Crippen LogP contribution in [0.5, 0.6) is 5.75 Å². The fourth-order valence-corrected chi connectivity index (χ4v) is 1.96. The van der Waals surface area contributed by atoms with Crippen LogP contribution >= 0.6 is 0 Å². The van der Waals surface area contributed by atoms with Crippen LogP contribution in [0.1, 0.15) is 6.92 Å². The molecule has 0 unspecified atom stereocenters. The quantitative estimate of drug-likeness (QED) is 0.777. The minimum atomic E-state index is -0.898. The molecule has 0 radical (unpaired) electrons. The second-order valence-corrected chi connectivity index (χ2v) is 4.89. The van der Waals surface area contributed by atoms with Gasteiger partial charge in [-0.1, -0.05) is 12.1 Å². The lowest BCUT2D eigenvalue weighted by Crippen LogP contribution is -2.30. The minimum Gasteiger partial charge on any atom is -0.478 e. The third-order valence-electron chi connectivity index (χ3n) is 3.15. The maximum absolute atomic E-state index is 13.6. The third kappa shape index (κ3) is 3.54. The van der Waals surface area contributed by atoms with Crippen LogP contribution in [0.15, 0.2) is 55.1 Å². The van der Waals surface area contributed by atoms with E-state index in [1.165, 1.54) is 30.1 Å². The zero-order chi connectivity index (χ0) is 16.9. The van der Waals surface area contributed by atoms with E-state index >= 15 is 0 Å². The molecule has 0 saturated heterocycles. The maximum Gasteiger partial charge on any atom is 0.266 e. The Morgan fingerprint density at radius 3 is 2.88 bits per heavy atom. The number of carbonyl (C=O) groups excluding carboxylic acids is 1. The number of anilines is 1. The molecule has 7 nitrogen and oxygen atoms in total. The molecule has 0 spiro atoms. The van der Waals surface area contributed by atoms with Gasteiger partial charge in [-0.15, -0.1) is 0 Å². The highest BCUT2D eigenvalue weighted by molar-refractivity contribution is 5.93. The molecule has 0 aliphatic rings. The Hall–Kier alpha value is -3.29. The highest BCUT2D eigenvalue weighted by Crippen LogP contribution is 2.17. The zero-order valence-corrected chi connectivity index (χ0v) is 12.8. The van der Waals surface area contributed by atoms with Crippen LogP contribution in [0.25, 0.3) is 5.82 Å². The number of hydrogen-bond acceptors (Lipinski definition) is 5. The third-order valence-corrected chi connectivity index (χ3v) is 3.15. The van der Waals surface area contributed by atoms with Crippen LogP contribution < -0.4 is 10.1 Å². The van der Waals surface area contributed by atoms with Crippen LogP contribution in [-0.2, 0) is 4.79 Å². The van der Waals surface area contributed by atoms with Crippen molar-refractivity contribution in [3.63, 3.8) is 0 Å². The van der Waals surface area contributed by atoms with Gasteiger partial charge in [0.1, 0.15) is 12.1 Å². The van der Waals surface area contributed by atoms with Gasteiger partial charge in [-0.25, -0.2) is 19.0 Å². The van der Waals surface area contributed by atoms with Gasteiger partial charge in [0.25, 0.3) is 5.91 Å². The highest BCUT2D eigenvalue weighted by atomic mass is 19.1. The Balaban J connectivity index is 1.68. The summed E-state index contributed by atoms with van der Waals surface area (Å²) in [5.41, 5.74) is 0. The number of amides is 1. The number of halogens is 1. The van der Waals surface area contributed by atoms with Gasteiger partial charge < -0.3 is 10.1 Å². The molecule has 0 aliphatic heterocycles. The molecule has 1 amide bonds. The predicted octanol–water partition coefficient (Wildman–Crippen LogP) is 2.21. The first-order valence-electron chi connectivity index (χ1n) is 7.17. The van der Waals surface area contributed by atoms with Gasteiger partial charge in [-0.05, 0) is 25.1 Å². The monoisotopic (exact) mass is 327 g/mol. The van der Waals surface area contributed by atoms with Crippen LogP contribution in [-0.4, -0.2) is 31.8 Å². The van der Waals surface area contributed by atoms with E-state index in [1.54, 1.807) is 36.7 Å². The van der Waals surface area contributed by atoms with Crippen molar-refractivity contribution in [3.8, 4) is 11.6 Å². The van der Waals surface area contributed by atoms with E-state index in [2.05, 4.69) is 20.4 Å². The first kappa shape index (κ1) is 15.6. The molecule has 122 valence electrons. The van der Waals surface area contributed by atoms with E-state index in [-0.39, 0.29) is 5.75 Å². The van der Waals surface area contributed by atoms with E-state index in [9.17, 15) is 9.18 Å². The van der Waals surface area contributed by atoms with Crippen molar-refractivity contribution >= 4 is 11.7 Å². The number of nitrogens with zero attached hydrogens (tertiary/aromatic N) is 4. The summed E-state index contributed by atoms with van der Waals surface area (Å²) in [6, 6.07) is 9.22. The topological polar surface area (TPSA) is 81.9 Å². The lowest BCUT2D eigenvalue weighted by atomic mass is 10.3. The summed E-state index contributed by atoms with van der Waals surface area (Å²) in [5, 5.41) is 6.66. The number of hydrogen-bond donors (Lipinski definition) is 1. The summed E-state index contributed by atoms with van der Waals surface area (Å²) in [5.74, 6) is -0.166. The molecular weight excluding hydrogens is 313 g/mol. The average molecular weight is 327 g/mol. The number of benzene rings is 1. The van der Waals surface area contributed by atoms with Crippen LogP contribution in [0.3, 0.4) is 0 Å².